The summed E-state index contributed by atoms with van der Waals surface area (Å²) in [4.78, 5) is 18.6. The highest BCUT2D eigenvalue weighted by atomic mass is 19.1. The second kappa shape index (κ2) is 4.87. The average Bonchev–Trinajstić information content (AvgIpc) is 2.37. The van der Waals surface area contributed by atoms with Crippen molar-refractivity contribution in [3.05, 3.63) is 41.7 Å². The molecule has 18 heavy (non-hydrogen) atoms. The van der Waals surface area contributed by atoms with Gasteiger partial charge in [-0.25, -0.2) is 18.7 Å². The molecule has 0 atom stereocenters. The molecule has 1 heterocycles. The molecule has 92 valence electrons. The summed E-state index contributed by atoms with van der Waals surface area (Å²) in [6, 6.07) is 3.01. The van der Waals surface area contributed by atoms with E-state index < -0.39 is 11.6 Å². The summed E-state index contributed by atoms with van der Waals surface area (Å²) in [6.45, 7) is 0. The van der Waals surface area contributed by atoms with Crippen molar-refractivity contribution in [3.8, 4) is 17.1 Å². The van der Waals surface area contributed by atoms with Crippen LogP contribution in [0.2, 0.25) is 0 Å². The summed E-state index contributed by atoms with van der Waals surface area (Å²) >= 11 is 0. The first-order chi connectivity index (χ1) is 8.67. The predicted molar refractivity (Wildman–Crippen MR) is 59.3 cm³/mol. The van der Waals surface area contributed by atoms with E-state index in [0.29, 0.717) is 6.29 Å². The largest absolute Gasteiger partial charge is 0.480 e. The minimum absolute atomic E-state index is 0.0131. The summed E-state index contributed by atoms with van der Waals surface area (Å²) in [5, 5.41) is 0. The standard InChI is InChI=1S/C12H8F2N2O2/c1-18-12-9(5-17)11(15-6-16-12)8-3-2-7(13)4-10(8)14/h2-6H,1H3. The SMILES string of the molecule is COc1ncnc(-c2ccc(F)cc2F)c1C=O. The van der Waals surface area contributed by atoms with E-state index in [9.17, 15) is 13.6 Å². The second-order valence-electron chi connectivity index (χ2n) is 3.39. The van der Waals surface area contributed by atoms with Gasteiger partial charge >= 0.3 is 0 Å². The van der Waals surface area contributed by atoms with Crippen molar-refractivity contribution in [1.82, 2.24) is 9.97 Å². The van der Waals surface area contributed by atoms with Crippen LogP contribution in [0.3, 0.4) is 0 Å². The molecule has 0 fully saturated rings. The topological polar surface area (TPSA) is 52.1 Å². The Morgan fingerprint density at radius 1 is 1.28 bits per heavy atom. The van der Waals surface area contributed by atoms with Crippen molar-refractivity contribution in [2.24, 2.45) is 0 Å². The molecule has 0 aliphatic rings. The zero-order valence-corrected chi connectivity index (χ0v) is 9.35. The summed E-state index contributed by atoms with van der Waals surface area (Å²) in [5.41, 5.74) is 0.0964. The van der Waals surface area contributed by atoms with Crippen LogP contribution in [0.5, 0.6) is 5.88 Å². The summed E-state index contributed by atoms with van der Waals surface area (Å²) in [5.74, 6) is -1.47. The molecule has 0 spiro atoms. The van der Waals surface area contributed by atoms with Gasteiger partial charge in [0.2, 0.25) is 5.88 Å². The molecule has 0 amide bonds. The number of carbonyl (C=O) groups excluding carboxylic acids is 1. The number of halogens is 2. The zero-order valence-electron chi connectivity index (χ0n) is 9.35. The number of aldehydes is 1. The van der Waals surface area contributed by atoms with Crippen LogP contribution in [0.15, 0.2) is 24.5 Å². The number of carbonyl (C=O) groups is 1. The fraction of sp³-hybridized carbons (Fsp3) is 0.0833. The van der Waals surface area contributed by atoms with Gasteiger partial charge in [-0.1, -0.05) is 0 Å². The second-order valence-corrected chi connectivity index (χ2v) is 3.39. The molecule has 2 aromatic rings. The first-order valence-corrected chi connectivity index (χ1v) is 4.97. The lowest BCUT2D eigenvalue weighted by Gasteiger charge is -2.08. The first-order valence-electron chi connectivity index (χ1n) is 4.97. The molecule has 0 radical (unpaired) electrons. The van der Waals surface area contributed by atoms with Crippen LogP contribution in [-0.4, -0.2) is 23.4 Å². The van der Waals surface area contributed by atoms with Gasteiger partial charge in [0, 0.05) is 11.6 Å². The molecule has 2 rings (SSSR count). The molecule has 4 nitrogen and oxygen atoms in total. The third-order valence-electron chi connectivity index (χ3n) is 2.34. The highest BCUT2D eigenvalue weighted by Gasteiger charge is 2.16. The number of hydrogen-bond acceptors (Lipinski definition) is 4. The fourth-order valence-corrected chi connectivity index (χ4v) is 1.54. The molecular weight excluding hydrogens is 242 g/mol. The van der Waals surface area contributed by atoms with Crippen molar-refractivity contribution in [2.75, 3.05) is 7.11 Å². The van der Waals surface area contributed by atoms with Crippen LogP contribution < -0.4 is 4.74 Å². The van der Waals surface area contributed by atoms with Gasteiger partial charge in [0.1, 0.15) is 23.5 Å². The lowest BCUT2D eigenvalue weighted by atomic mass is 10.1. The highest BCUT2D eigenvalue weighted by Crippen LogP contribution is 2.27. The maximum absolute atomic E-state index is 13.6. The van der Waals surface area contributed by atoms with Crippen LogP contribution in [0.1, 0.15) is 10.4 Å². The van der Waals surface area contributed by atoms with Crippen molar-refractivity contribution in [3.63, 3.8) is 0 Å². The van der Waals surface area contributed by atoms with Crippen LogP contribution >= 0.6 is 0 Å². The van der Waals surface area contributed by atoms with Crippen LogP contribution in [-0.2, 0) is 0 Å². The lowest BCUT2D eigenvalue weighted by molar-refractivity contribution is 0.112. The monoisotopic (exact) mass is 250 g/mol. The fourth-order valence-electron chi connectivity index (χ4n) is 1.54. The Morgan fingerprint density at radius 3 is 2.67 bits per heavy atom. The molecule has 0 N–H and O–H groups in total. The minimum Gasteiger partial charge on any atom is -0.480 e. The van der Waals surface area contributed by atoms with Gasteiger partial charge < -0.3 is 4.74 Å². The maximum Gasteiger partial charge on any atom is 0.227 e. The maximum atomic E-state index is 13.6. The smallest absolute Gasteiger partial charge is 0.227 e. The molecule has 0 aliphatic carbocycles. The number of methoxy groups -OCH3 is 1. The van der Waals surface area contributed by atoms with E-state index in [-0.39, 0.29) is 22.7 Å². The summed E-state index contributed by atoms with van der Waals surface area (Å²) < 4.78 is 31.3. The Hall–Kier alpha value is -2.37. The number of nitrogens with zero attached hydrogens (tertiary/aromatic N) is 2. The molecule has 0 unspecified atom stereocenters. The Labute approximate surface area is 101 Å². The van der Waals surface area contributed by atoms with Gasteiger partial charge in [0.25, 0.3) is 0 Å². The number of benzene rings is 1. The molecule has 0 aliphatic heterocycles. The quantitative estimate of drug-likeness (QED) is 0.784. The number of hydrogen-bond donors (Lipinski definition) is 0. The number of aromatic nitrogens is 2. The van der Waals surface area contributed by atoms with E-state index in [0.717, 1.165) is 18.5 Å². The Bertz CT molecular complexity index is 603. The van der Waals surface area contributed by atoms with Gasteiger partial charge in [-0.2, -0.15) is 0 Å². The van der Waals surface area contributed by atoms with E-state index in [4.69, 9.17) is 4.74 Å². The normalized spacial score (nSPS) is 10.2. The van der Waals surface area contributed by atoms with Gasteiger partial charge in [-0.05, 0) is 12.1 Å². The van der Waals surface area contributed by atoms with Crippen molar-refractivity contribution >= 4 is 6.29 Å². The van der Waals surface area contributed by atoms with Gasteiger partial charge in [-0.3, -0.25) is 4.79 Å². The third-order valence-corrected chi connectivity index (χ3v) is 2.34. The van der Waals surface area contributed by atoms with E-state index in [1.807, 2.05) is 0 Å². The van der Waals surface area contributed by atoms with Crippen LogP contribution in [0.25, 0.3) is 11.3 Å². The van der Waals surface area contributed by atoms with E-state index in [1.165, 1.54) is 13.2 Å². The molecule has 1 aromatic carbocycles. The van der Waals surface area contributed by atoms with E-state index in [1.54, 1.807) is 0 Å². The molecule has 0 bridgehead atoms. The zero-order chi connectivity index (χ0) is 13.1. The van der Waals surface area contributed by atoms with Crippen molar-refractivity contribution < 1.29 is 18.3 Å². The molecule has 6 heteroatoms. The van der Waals surface area contributed by atoms with Crippen molar-refractivity contribution in [2.45, 2.75) is 0 Å². The highest BCUT2D eigenvalue weighted by molar-refractivity contribution is 5.88. The minimum atomic E-state index is -0.807. The van der Waals surface area contributed by atoms with Gasteiger partial charge in [-0.15, -0.1) is 0 Å². The van der Waals surface area contributed by atoms with Gasteiger partial charge in [0.15, 0.2) is 6.29 Å². The summed E-state index contributed by atoms with van der Waals surface area (Å²) in [6.07, 6.45) is 1.61. The Morgan fingerprint density at radius 2 is 2.06 bits per heavy atom. The van der Waals surface area contributed by atoms with E-state index >= 15 is 0 Å². The average molecular weight is 250 g/mol. The molecular formula is C12H8F2N2O2. The number of ether oxygens (including phenoxy) is 1. The Kier molecular flexibility index (Phi) is 3.27. The molecule has 0 saturated heterocycles. The van der Waals surface area contributed by atoms with E-state index in [2.05, 4.69) is 9.97 Å². The number of rotatable bonds is 3. The first kappa shape index (κ1) is 12.1. The van der Waals surface area contributed by atoms with Crippen molar-refractivity contribution in [1.29, 1.82) is 0 Å². The lowest BCUT2D eigenvalue weighted by Crippen LogP contribution is -2.00. The van der Waals surface area contributed by atoms with Crippen LogP contribution in [0, 0.1) is 11.6 Å². The van der Waals surface area contributed by atoms with Gasteiger partial charge in [0.05, 0.1) is 12.8 Å². The Balaban J connectivity index is 2.67. The molecule has 0 saturated carbocycles. The molecule has 1 aromatic heterocycles. The third kappa shape index (κ3) is 2.04. The predicted octanol–water partition coefficient (Wildman–Crippen LogP) is 2.24. The summed E-state index contributed by atoms with van der Waals surface area (Å²) in [7, 11) is 1.33. The van der Waals surface area contributed by atoms with Crippen LogP contribution in [0.4, 0.5) is 8.78 Å².